The van der Waals surface area contributed by atoms with Gasteiger partial charge in [-0.3, -0.25) is 9.59 Å². The Morgan fingerprint density at radius 2 is 2.05 bits per heavy atom. The SMILES string of the molecule is CC(C)[C@H](N)C(=O)NCC(=O)Nc1ccc(Cl)cc1F. The van der Waals surface area contributed by atoms with Crippen LogP contribution in [0.5, 0.6) is 0 Å². The zero-order valence-electron chi connectivity index (χ0n) is 11.2. The predicted molar refractivity (Wildman–Crippen MR) is 75.9 cm³/mol. The van der Waals surface area contributed by atoms with Crippen molar-refractivity contribution in [2.75, 3.05) is 11.9 Å². The van der Waals surface area contributed by atoms with Crippen molar-refractivity contribution < 1.29 is 14.0 Å². The van der Waals surface area contributed by atoms with Gasteiger partial charge < -0.3 is 16.4 Å². The van der Waals surface area contributed by atoms with Crippen molar-refractivity contribution >= 4 is 29.1 Å². The molecule has 0 aromatic heterocycles. The Morgan fingerprint density at radius 3 is 2.60 bits per heavy atom. The van der Waals surface area contributed by atoms with E-state index in [-0.39, 0.29) is 23.2 Å². The highest BCUT2D eigenvalue weighted by molar-refractivity contribution is 6.30. The van der Waals surface area contributed by atoms with Crippen LogP contribution in [0.4, 0.5) is 10.1 Å². The van der Waals surface area contributed by atoms with Gasteiger partial charge in [0.2, 0.25) is 11.8 Å². The van der Waals surface area contributed by atoms with Gasteiger partial charge in [-0.05, 0) is 24.1 Å². The normalized spacial score (nSPS) is 12.1. The monoisotopic (exact) mass is 301 g/mol. The van der Waals surface area contributed by atoms with E-state index in [1.165, 1.54) is 12.1 Å². The fourth-order valence-electron chi connectivity index (χ4n) is 1.37. The first kappa shape index (κ1) is 16.4. The van der Waals surface area contributed by atoms with Crippen LogP contribution in [0.15, 0.2) is 18.2 Å². The average Bonchev–Trinajstić information content (AvgIpc) is 2.38. The number of nitrogens with one attached hydrogen (secondary N) is 2. The highest BCUT2D eigenvalue weighted by Crippen LogP contribution is 2.18. The number of rotatable bonds is 5. The van der Waals surface area contributed by atoms with Crippen LogP contribution in [-0.2, 0) is 9.59 Å². The topological polar surface area (TPSA) is 84.2 Å². The van der Waals surface area contributed by atoms with Crippen molar-refractivity contribution in [2.24, 2.45) is 11.7 Å². The molecule has 0 saturated heterocycles. The quantitative estimate of drug-likeness (QED) is 0.771. The molecule has 4 N–H and O–H groups in total. The van der Waals surface area contributed by atoms with E-state index in [0.717, 1.165) is 6.07 Å². The molecule has 2 amide bonds. The molecule has 0 aliphatic rings. The molecule has 1 rings (SSSR count). The molecular weight excluding hydrogens is 285 g/mol. The third-order valence-corrected chi connectivity index (χ3v) is 2.88. The number of anilines is 1. The van der Waals surface area contributed by atoms with Gasteiger partial charge in [-0.25, -0.2) is 4.39 Å². The Kier molecular flexibility index (Phi) is 5.91. The first-order valence-electron chi connectivity index (χ1n) is 6.09. The summed E-state index contributed by atoms with van der Waals surface area (Å²) in [4.78, 5) is 23.1. The maximum atomic E-state index is 13.4. The first-order valence-corrected chi connectivity index (χ1v) is 6.47. The van der Waals surface area contributed by atoms with E-state index in [1.54, 1.807) is 13.8 Å². The Bertz CT molecular complexity index is 508. The number of benzene rings is 1. The molecule has 5 nitrogen and oxygen atoms in total. The molecule has 20 heavy (non-hydrogen) atoms. The summed E-state index contributed by atoms with van der Waals surface area (Å²) in [6.07, 6.45) is 0. The van der Waals surface area contributed by atoms with Crippen LogP contribution < -0.4 is 16.4 Å². The van der Waals surface area contributed by atoms with Crippen molar-refractivity contribution in [1.29, 1.82) is 0 Å². The molecule has 0 aliphatic heterocycles. The summed E-state index contributed by atoms with van der Waals surface area (Å²) in [7, 11) is 0. The molecule has 0 bridgehead atoms. The van der Waals surface area contributed by atoms with Gasteiger partial charge in [0.05, 0.1) is 18.3 Å². The molecular formula is C13H17ClFN3O2. The standard InChI is InChI=1S/C13H17ClFN3O2/c1-7(2)12(16)13(20)17-6-11(19)18-10-4-3-8(14)5-9(10)15/h3-5,7,12H,6,16H2,1-2H3,(H,17,20)(H,18,19)/t12-/m0/s1. The first-order chi connectivity index (χ1) is 9.31. The maximum absolute atomic E-state index is 13.4. The van der Waals surface area contributed by atoms with E-state index in [0.29, 0.717) is 0 Å². The molecule has 1 atom stereocenters. The summed E-state index contributed by atoms with van der Waals surface area (Å²) in [5.41, 5.74) is 5.62. The second-order valence-electron chi connectivity index (χ2n) is 4.66. The summed E-state index contributed by atoms with van der Waals surface area (Å²) >= 11 is 5.60. The summed E-state index contributed by atoms with van der Waals surface area (Å²) < 4.78 is 13.4. The van der Waals surface area contributed by atoms with Gasteiger partial charge in [-0.15, -0.1) is 0 Å². The molecule has 7 heteroatoms. The fraction of sp³-hybridized carbons (Fsp3) is 0.385. The minimum Gasteiger partial charge on any atom is -0.346 e. The van der Waals surface area contributed by atoms with E-state index in [4.69, 9.17) is 17.3 Å². The van der Waals surface area contributed by atoms with Gasteiger partial charge in [-0.2, -0.15) is 0 Å². The van der Waals surface area contributed by atoms with Gasteiger partial charge in [-0.1, -0.05) is 25.4 Å². The molecule has 0 unspecified atom stereocenters. The second kappa shape index (κ2) is 7.21. The highest BCUT2D eigenvalue weighted by Gasteiger charge is 2.17. The minimum atomic E-state index is -0.685. The second-order valence-corrected chi connectivity index (χ2v) is 5.10. The van der Waals surface area contributed by atoms with Crippen molar-refractivity contribution in [3.8, 4) is 0 Å². The molecule has 1 aromatic rings. The Morgan fingerprint density at radius 1 is 1.40 bits per heavy atom. The average molecular weight is 302 g/mol. The lowest BCUT2D eigenvalue weighted by Gasteiger charge is -2.15. The van der Waals surface area contributed by atoms with Gasteiger partial charge in [0, 0.05) is 5.02 Å². The lowest BCUT2D eigenvalue weighted by atomic mass is 10.1. The molecule has 0 spiro atoms. The van der Waals surface area contributed by atoms with Crippen LogP contribution in [0.1, 0.15) is 13.8 Å². The molecule has 0 fully saturated rings. The Hall–Kier alpha value is -1.66. The molecule has 0 aliphatic carbocycles. The van der Waals surface area contributed by atoms with Crippen molar-refractivity contribution in [1.82, 2.24) is 5.32 Å². The summed E-state index contributed by atoms with van der Waals surface area (Å²) in [6, 6.07) is 3.20. The number of carbonyl (C=O) groups is 2. The summed E-state index contributed by atoms with van der Waals surface area (Å²) in [5.74, 6) is -1.65. The van der Waals surface area contributed by atoms with Crippen LogP contribution in [0.2, 0.25) is 5.02 Å². The van der Waals surface area contributed by atoms with Gasteiger partial charge in [0.25, 0.3) is 0 Å². The molecule has 1 aromatic carbocycles. The maximum Gasteiger partial charge on any atom is 0.243 e. The van der Waals surface area contributed by atoms with Gasteiger partial charge >= 0.3 is 0 Å². The number of hydrogen-bond acceptors (Lipinski definition) is 3. The van der Waals surface area contributed by atoms with Crippen molar-refractivity contribution in [3.63, 3.8) is 0 Å². The van der Waals surface area contributed by atoms with Gasteiger partial charge in [0.15, 0.2) is 0 Å². The van der Waals surface area contributed by atoms with Crippen LogP contribution in [0, 0.1) is 11.7 Å². The molecule has 0 heterocycles. The highest BCUT2D eigenvalue weighted by atomic mass is 35.5. The van der Waals surface area contributed by atoms with Crippen LogP contribution in [0.3, 0.4) is 0 Å². The molecule has 110 valence electrons. The van der Waals surface area contributed by atoms with E-state index in [9.17, 15) is 14.0 Å². The van der Waals surface area contributed by atoms with Crippen LogP contribution in [-0.4, -0.2) is 24.4 Å². The number of carbonyl (C=O) groups excluding carboxylic acids is 2. The largest absolute Gasteiger partial charge is 0.346 e. The summed E-state index contributed by atoms with van der Waals surface area (Å²) in [6.45, 7) is 3.32. The number of amides is 2. The van der Waals surface area contributed by atoms with Crippen molar-refractivity contribution in [3.05, 3.63) is 29.0 Å². The molecule has 0 radical (unpaired) electrons. The summed E-state index contributed by atoms with van der Waals surface area (Å²) in [5, 5.41) is 4.96. The third kappa shape index (κ3) is 4.79. The van der Waals surface area contributed by atoms with E-state index in [1.807, 2.05) is 0 Å². The van der Waals surface area contributed by atoms with Crippen LogP contribution >= 0.6 is 11.6 Å². The lowest BCUT2D eigenvalue weighted by Crippen LogP contribution is -2.46. The number of hydrogen-bond donors (Lipinski definition) is 3. The van der Waals surface area contributed by atoms with E-state index >= 15 is 0 Å². The van der Waals surface area contributed by atoms with E-state index < -0.39 is 23.7 Å². The van der Waals surface area contributed by atoms with Crippen molar-refractivity contribution in [2.45, 2.75) is 19.9 Å². The lowest BCUT2D eigenvalue weighted by molar-refractivity contribution is -0.125. The number of nitrogens with two attached hydrogens (primary N) is 1. The minimum absolute atomic E-state index is 0.00167. The fourth-order valence-corrected chi connectivity index (χ4v) is 1.53. The van der Waals surface area contributed by atoms with E-state index in [2.05, 4.69) is 10.6 Å². The van der Waals surface area contributed by atoms with Crippen LogP contribution in [0.25, 0.3) is 0 Å². The third-order valence-electron chi connectivity index (χ3n) is 2.65. The molecule has 0 saturated carbocycles. The number of halogens is 2. The van der Waals surface area contributed by atoms with Gasteiger partial charge in [0.1, 0.15) is 5.82 Å². The zero-order valence-corrected chi connectivity index (χ0v) is 12.0. The Balaban J connectivity index is 2.50. The smallest absolute Gasteiger partial charge is 0.243 e. The Labute approximate surface area is 121 Å². The zero-order chi connectivity index (χ0) is 15.3. The predicted octanol–water partition coefficient (Wildman–Crippen LogP) is 1.52.